The van der Waals surface area contributed by atoms with E-state index in [0.717, 1.165) is 6.42 Å². The molecule has 0 heterocycles. The highest BCUT2D eigenvalue weighted by molar-refractivity contribution is 5.56. The molecule has 1 aromatic carbocycles. The molecule has 0 nitrogen and oxygen atoms in total. The molecule has 0 fully saturated rings. The molecular formula is C13H18. The maximum absolute atomic E-state index is 2.21. The van der Waals surface area contributed by atoms with Gasteiger partial charge in [-0.05, 0) is 49.4 Å². The Morgan fingerprint density at radius 3 is 2.38 bits per heavy atom. The maximum Gasteiger partial charge on any atom is -0.0228 e. The summed E-state index contributed by atoms with van der Waals surface area (Å²) in [5.41, 5.74) is 5.55. The number of rotatable bonds is 2. The highest BCUT2D eigenvalue weighted by Gasteiger charge is 1.99. The van der Waals surface area contributed by atoms with E-state index < -0.39 is 0 Å². The van der Waals surface area contributed by atoms with E-state index in [1.165, 1.54) is 22.3 Å². The molecule has 0 bridgehead atoms. The van der Waals surface area contributed by atoms with Crippen LogP contribution in [0.3, 0.4) is 0 Å². The van der Waals surface area contributed by atoms with Crippen molar-refractivity contribution in [2.24, 2.45) is 0 Å². The molecule has 0 heteroatoms. The van der Waals surface area contributed by atoms with E-state index in [9.17, 15) is 0 Å². The Kier molecular flexibility index (Phi) is 3.30. The average molecular weight is 174 g/mol. The number of aryl methyl sites for hydroxylation is 1. The van der Waals surface area contributed by atoms with Crippen molar-refractivity contribution < 1.29 is 0 Å². The molecule has 0 atom stereocenters. The Balaban J connectivity index is 3.11. The summed E-state index contributed by atoms with van der Waals surface area (Å²) in [5.74, 6) is 0. The molecule has 0 unspecified atom stereocenters. The third-order valence-electron chi connectivity index (χ3n) is 2.63. The van der Waals surface area contributed by atoms with E-state index in [-0.39, 0.29) is 0 Å². The van der Waals surface area contributed by atoms with Gasteiger partial charge in [0.2, 0.25) is 0 Å². The highest BCUT2D eigenvalue weighted by Crippen LogP contribution is 2.18. The second kappa shape index (κ2) is 4.27. The summed E-state index contributed by atoms with van der Waals surface area (Å²) in [4.78, 5) is 0. The monoisotopic (exact) mass is 174 g/mol. The lowest BCUT2D eigenvalue weighted by atomic mass is 9.98. The van der Waals surface area contributed by atoms with E-state index in [2.05, 4.69) is 52.0 Å². The van der Waals surface area contributed by atoms with E-state index in [0.29, 0.717) is 0 Å². The molecular weight excluding hydrogens is 156 g/mol. The molecule has 0 saturated heterocycles. The van der Waals surface area contributed by atoms with Gasteiger partial charge in [0.05, 0.1) is 0 Å². The van der Waals surface area contributed by atoms with Crippen molar-refractivity contribution in [1.82, 2.24) is 0 Å². The fraction of sp³-hybridized carbons (Fsp3) is 0.385. The Bertz CT molecular complexity index is 319. The van der Waals surface area contributed by atoms with E-state index in [4.69, 9.17) is 0 Å². The number of hydrogen-bond donors (Lipinski definition) is 0. The molecule has 13 heavy (non-hydrogen) atoms. The first-order valence-corrected chi connectivity index (χ1v) is 4.90. The molecule has 0 spiro atoms. The minimum atomic E-state index is 1.10. The number of allylic oxidation sites excluding steroid dienone is 1. The molecule has 0 aromatic heterocycles. The first kappa shape index (κ1) is 10.0. The van der Waals surface area contributed by atoms with Gasteiger partial charge in [-0.3, -0.25) is 0 Å². The zero-order valence-electron chi connectivity index (χ0n) is 9.02. The molecule has 1 aromatic rings. The summed E-state index contributed by atoms with van der Waals surface area (Å²) in [5, 5.41) is 0. The van der Waals surface area contributed by atoms with Crippen LogP contribution in [0.2, 0.25) is 0 Å². The summed E-state index contributed by atoms with van der Waals surface area (Å²) >= 11 is 0. The van der Waals surface area contributed by atoms with Crippen LogP contribution < -0.4 is 0 Å². The van der Waals surface area contributed by atoms with Gasteiger partial charge in [-0.2, -0.15) is 0 Å². The first-order valence-electron chi connectivity index (χ1n) is 4.90. The number of hydrogen-bond acceptors (Lipinski definition) is 0. The predicted octanol–water partition coefficient (Wildman–Crippen LogP) is 4.04. The van der Waals surface area contributed by atoms with Crippen LogP contribution in [-0.2, 0) is 0 Å². The maximum atomic E-state index is 2.21. The minimum Gasteiger partial charge on any atom is -0.0842 e. The molecule has 0 radical (unpaired) electrons. The number of benzene rings is 1. The molecule has 70 valence electrons. The molecule has 0 saturated carbocycles. The summed E-state index contributed by atoms with van der Waals surface area (Å²) in [6.45, 7) is 8.70. The van der Waals surface area contributed by atoms with Crippen LogP contribution in [0.15, 0.2) is 18.2 Å². The van der Waals surface area contributed by atoms with Crippen LogP contribution in [-0.4, -0.2) is 0 Å². The van der Waals surface area contributed by atoms with Gasteiger partial charge in [0.15, 0.2) is 0 Å². The normalized spacial score (nSPS) is 11.1. The Hall–Kier alpha value is -1.04. The van der Waals surface area contributed by atoms with Crippen molar-refractivity contribution in [3.05, 3.63) is 40.5 Å². The standard InChI is InChI=1S/C13H18/c1-5-6-7-13-9-8-10(2)11(3)12(13)4/h6-9H,5H2,1-4H3. The van der Waals surface area contributed by atoms with Crippen LogP contribution >= 0.6 is 0 Å². The van der Waals surface area contributed by atoms with Crippen molar-refractivity contribution >= 4 is 6.08 Å². The van der Waals surface area contributed by atoms with Crippen molar-refractivity contribution in [2.45, 2.75) is 34.1 Å². The average Bonchev–Trinajstić information content (AvgIpc) is 2.13. The Labute approximate surface area is 81.3 Å². The molecule has 0 amide bonds. The zero-order valence-corrected chi connectivity index (χ0v) is 9.02. The zero-order chi connectivity index (χ0) is 9.84. The van der Waals surface area contributed by atoms with Gasteiger partial charge in [0, 0.05) is 0 Å². The van der Waals surface area contributed by atoms with Crippen LogP contribution in [0, 0.1) is 20.8 Å². The lowest BCUT2D eigenvalue weighted by molar-refractivity contribution is 1.22. The summed E-state index contributed by atoms with van der Waals surface area (Å²) in [6.07, 6.45) is 5.52. The van der Waals surface area contributed by atoms with E-state index in [1.807, 2.05) is 0 Å². The fourth-order valence-corrected chi connectivity index (χ4v) is 1.40. The summed E-state index contributed by atoms with van der Waals surface area (Å²) in [6, 6.07) is 4.39. The minimum absolute atomic E-state index is 1.10. The first-order chi connectivity index (χ1) is 6.16. The summed E-state index contributed by atoms with van der Waals surface area (Å²) in [7, 11) is 0. The van der Waals surface area contributed by atoms with Crippen molar-refractivity contribution in [3.63, 3.8) is 0 Å². The third kappa shape index (κ3) is 2.21. The van der Waals surface area contributed by atoms with E-state index in [1.54, 1.807) is 0 Å². The van der Waals surface area contributed by atoms with Gasteiger partial charge in [0.1, 0.15) is 0 Å². The smallest absolute Gasteiger partial charge is 0.0228 e. The molecule has 0 aliphatic heterocycles. The highest BCUT2D eigenvalue weighted by atomic mass is 14.0. The molecule has 0 aliphatic rings. The lowest BCUT2D eigenvalue weighted by Gasteiger charge is -2.07. The topological polar surface area (TPSA) is 0 Å². The van der Waals surface area contributed by atoms with Gasteiger partial charge in [-0.25, -0.2) is 0 Å². The van der Waals surface area contributed by atoms with Crippen molar-refractivity contribution in [3.8, 4) is 0 Å². The SMILES string of the molecule is CCC=Cc1ccc(C)c(C)c1C. The molecule has 1 rings (SSSR count). The quantitative estimate of drug-likeness (QED) is 0.635. The molecule has 0 aliphatic carbocycles. The van der Waals surface area contributed by atoms with Gasteiger partial charge >= 0.3 is 0 Å². The predicted molar refractivity (Wildman–Crippen MR) is 60.0 cm³/mol. The Morgan fingerprint density at radius 2 is 1.77 bits per heavy atom. The fourth-order valence-electron chi connectivity index (χ4n) is 1.40. The van der Waals surface area contributed by atoms with Gasteiger partial charge in [-0.15, -0.1) is 0 Å². The summed E-state index contributed by atoms with van der Waals surface area (Å²) < 4.78 is 0. The largest absolute Gasteiger partial charge is 0.0842 e. The van der Waals surface area contributed by atoms with Crippen molar-refractivity contribution in [2.75, 3.05) is 0 Å². The van der Waals surface area contributed by atoms with Crippen LogP contribution in [0.4, 0.5) is 0 Å². The van der Waals surface area contributed by atoms with Gasteiger partial charge < -0.3 is 0 Å². The second-order valence-corrected chi connectivity index (χ2v) is 3.53. The van der Waals surface area contributed by atoms with Gasteiger partial charge in [0.25, 0.3) is 0 Å². The second-order valence-electron chi connectivity index (χ2n) is 3.53. The third-order valence-corrected chi connectivity index (χ3v) is 2.63. The van der Waals surface area contributed by atoms with Crippen LogP contribution in [0.25, 0.3) is 6.08 Å². The van der Waals surface area contributed by atoms with Gasteiger partial charge in [-0.1, -0.05) is 31.2 Å². The molecule has 0 N–H and O–H groups in total. The Morgan fingerprint density at radius 1 is 1.08 bits per heavy atom. The van der Waals surface area contributed by atoms with E-state index >= 15 is 0 Å². The lowest BCUT2D eigenvalue weighted by Crippen LogP contribution is -1.89. The van der Waals surface area contributed by atoms with Crippen LogP contribution in [0.5, 0.6) is 0 Å². The van der Waals surface area contributed by atoms with Crippen molar-refractivity contribution in [1.29, 1.82) is 0 Å². The van der Waals surface area contributed by atoms with Crippen LogP contribution in [0.1, 0.15) is 35.6 Å².